The first-order valence-electron chi connectivity index (χ1n) is 4.98. The van der Waals surface area contributed by atoms with E-state index in [0.29, 0.717) is 0 Å². The van der Waals surface area contributed by atoms with Crippen LogP contribution in [0.3, 0.4) is 0 Å². The van der Waals surface area contributed by atoms with E-state index in [1.807, 2.05) is 32.3 Å². The number of nitrogens with two attached hydrogens (primary N) is 1. The maximum atomic E-state index is 5.90. The summed E-state index contributed by atoms with van der Waals surface area (Å²) in [7, 11) is 5.61. The Morgan fingerprint density at radius 2 is 2.20 bits per heavy atom. The van der Waals surface area contributed by atoms with Gasteiger partial charge in [-0.1, -0.05) is 0 Å². The first-order valence-corrected chi connectivity index (χ1v) is 4.98. The highest BCUT2D eigenvalue weighted by Crippen LogP contribution is 2.26. The third kappa shape index (κ3) is 3.02. The average molecular weight is 209 g/mol. The summed E-state index contributed by atoms with van der Waals surface area (Å²) in [6.45, 7) is 1.83. The number of ether oxygens (including phenoxy) is 1. The summed E-state index contributed by atoms with van der Waals surface area (Å²) in [5, 5.41) is 3.10. The predicted octanol–water partition coefficient (Wildman–Crippen LogP) is 0.933. The maximum Gasteiger partial charge on any atom is 0.121 e. The van der Waals surface area contributed by atoms with Crippen LogP contribution in [0.15, 0.2) is 18.2 Å². The summed E-state index contributed by atoms with van der Waals surface area (Å²) in [6.07, 6.45) is 0. The molecule has 1 aromatic rings. The van der Waals surface area contributed by atoms with Crippen LogP contribution in [-0.4, -0.2) is 34.3 Å². The number of methoxy groups -OCH3 is 1. The second-order valence-electron chi connectivity index (χ2n) is 3.45. The van der Waals surface area contributed by atoms with Crippen LogP contribution in [0, 0.1) is 0 Å². The zero-order valence-electron chi connectivity index (χ0n) is 9.58. The molecule has 0 saturated carbocycles. The lowest BCUT2D eigenvalue weighted by Crippen LogP contribution is -2.27. The van der Waals surface area contributed by atoms with Crippen LogP contribution < -0.4 is 20.7 Å². The fraction of sp³-hybridized carbons (Fsp3) is 0.455. The van der Waals surface area contributed by atoms with Crippen molar-refractivity contribution in [1.29, 1.82) is 0 Å². The standard InChI is InChI=1S/C11H19N3O/c1-13-6-7-14(2)11-8-9(15-3)4-5-10(11)12/h4-5,8,13H,6-7,12H2,1-3H3. The van der Waals surface area contributed by atoms with Crippen LogP contribution in [0.1, 0.15) is 0 Å². The van der Waals surface area contributed by atoms with Gasteiger partial charge in [0.15, 0.2) is 0 Å². The summed E-state index contributed by atoms with van der Waals surface area (Å²) < 4.78 is 5.17. The number of nitrogens with zero attached hydrogens (tertiary/aromatic N) is 1. The van der Waals surface area contributed by atoms with Crippen molar-refractivity contribution in [2.24, 2.45) is 0 Å². The molecule has 0 radical (unpaired) electrons. The van der Waals surface area contributed by atoms with E-state index in [0.717, 1.165) is 30.2 Å². The molecule has 1 rings (SSSR count). The number of likely N-dealkylation sites (N-methyl/N-ethyl adjacent to an activating group) is 2. The molecule has 0 heterocycles. The molecule has 0 fully saturated rings. The number of hydrogen-bond acceptors (Lipinski definition) is 4. The summed E-state index contributed by atoms with van der Waals surface area (Å²) in [5.41, 5.74) is 7.68. The van der Waals surface area contributed by atoms with Gasteiger partial charge in [0.05, 0.1) is 18.5 Å². The van der Waals surface area contributed by atoms with Gasteiger partial charge in [-0.3, -0.25) is 0 Å². The van der Waals surface area contributed by atoms with Crippen LogP contribution in [0.2, 0.25) is 0 Å². The lowest BCUT2D eigenvalue weighted by molar-refractivity contribution is 0.415. The van der Waals surface area contributed by atoms with Gasteiger partial charge in [0, 0.05) is 26.2 Å². The minimum Gasteiger partial charge on any atom is -0.497 e. The number of nitrogen functional groups attached to an aromatic ring is 1. The van der Waals surface area contributed by atoms with E-state index in [1.165, 1.54) is 0 Å². The summed E-state index contributed by atoms with van der Waals surface area (Å²) >= 11 is 0. The Kier molecular flexibility index (Phi) is 4.24. The van der Waals surface area contributed by atoms with Gasteiger partial charge in [-0.05, 0) is 19.2 Å². The highest BCUT2D eigenvalue weighted by atomic mass is 16.5. The zero-order chi connectivity index (χ0) is 11.3. The van der Waals surface area contributed by atoms with E-state index in [9.17, 15) is 0 Å². The first-order chi connectivity index (χ1) is 7.19. The number of hydrogen-bond donors (Lipinski definition) is 2. The third-order valence-electron chi connectivity index (χ3n) is 2.35. The summed E-state index contributed by atoms with van der Waals surface area (Å²) in [4.78, 5) is 2.11. The molecule has 0 atom stereocenters. The van der Waals surface area contributed by atoms with Gasteiger partial charge in [0.25, 0.3) is 0 Å². The molecule has 0 bridgehead atoms. The van der Waals surface area contributed by atoms with Crippen molar-refractivity contribution < 1.29 is 4.74 Å². The van der Waals surface area contributed by atoms with E-state index < -0.39 is 0 Å². The van der Waals surface area contributed by atoms with Crippen LogP contribution in [0.4, 0.5) is 11.4 Å². The van der Waals surface area contributed by atoms with Crippen LogP contribution in [-0.2, 0) is 0 Å². The van der Waals surface area contributed by atoms with Crippen molar-refractivity contribution in [2.45, 2.75) is 0 Å². The van der Waals surface area contributed by atoms with Crippen molar-refractivity contribution in [3.8, 4) is 5.75 Å². The van der Waals surface area contributed by atoms with Crippen molar-refractivity contribution >= 4 is 11.4 Å². The molecule has 4 nitrogen and oxygen atoms in total. The second kappa shape index (κ2) is 5.46. The highest BCUT2D eigenvalue weighted by Gasteiger charge is 2.06. The van der Waals surface area contributed by atoms with Crippen LogP contribution in [0.25, 0.3) is 0 Å². The number of anilines is 2. The summed E-state index contributed by atoms with van der Waals surface area (Å²) in [5.74, 6) is 0.829. The Hall–Kier alpha value is -1.42. The molecule has 0 unspecified atom stereocenters. The maximum absolute atomic E-state index is 5.90. The first kappa shape index (κ1) is 11.7. The average Bonchev–Trinajstić information content (AvgIpc) is 2.26. The highest BCUT2D eigenvalue weighted by molar-refractivity contribution is 5.69. The second-order valence-corrected chi connectivity index (χ2v) is 3.45. The van der Waals surface area contributed by atoms with Crippen molar-refractivity contribution in [1.82, 2.24) is 5.32 Å². The largest absolute Gasteiger partial charge is 0.497 e. The topological polar surface area (TPSA) is 50.5 Å². The number of rotatable bonds is 5. The van der Waals surface area contributed by atoms with E-state index in [-0.39, 0.29) is 0 Å². The van der Waals surface area contributed by atoms with Gasteiger partial charge in [0.1, 0.15) is 5.75 Å². The molecule has 4 heteroatoms. The Balaban J connectivity index is 2.81. The van der Waals surface area contributed by atoms with Gasteiger partial charge in [-0.15, -0.1) is 0 Å². The lowest BCUT2D eigenvalue weighted by Gasteiger charge is -2.21. The van der Waals surface area contributed by atoms with Crippen LogP contribution >= 0.6 is 0 Å². The molecule has 0 aromatic heterocycles. The minimum atomic E-state index is 0.773. The molecule has 0 aliphatic rings. The molecule has 0 aliphatic carbocycles. The third-order valence-corrected chi connectivity index (χ3v) is 2.35. The molecule has 84 valence electrons. The Labute approximate surface area is 91.0 Å². The van der Waals surface area contributed by atoms with Gasteiger partial charge in [-0.25, -0.2) is 0 Å². The minimum absolute atomic E-state index is 0.773. The molecule has 0 aliphatic heterocycles. The lowest BCUT2D eigenvalue weighted by atomic mass is 10.2. The van der Waals surface area contributed by atoms with E-state index in [2.05, 4.69) is 10.2 Å². The van der Waals surface area contributed by atoms with Gasteiger partial charge in [-0.2, -0.15) is 0 Å². The zero-order valence-corrected chi connectivity index (χ0v) is 9.58. The van der Waals surface area contributed by atoms with E-state index >= 15 is 0 Å². The molecule has 0 spiro atoms. The fourth-order valence-electron chi connectivity index (χ4n) is 1.38. The van der Waals surface area contributed by atoms with Crippen molar-refractivity contribution in [3.63, 3.8) is 0 Å². The van der Waals surface area contributed by atoms with Gasteiger partial charge < -0.3 is 20.7 Å². The molecule has 0 amide bonds. The summed E-state index contributed by atoms with van der Waals surface area (Å²) in [6, 6.07) is 5.68. The van der Waals surface area contributed by atoms with E-state index in [4.69, 9.17) is 10.5 Å². The monoisotopic (exact) mass is 209 g/mol. The quantitative estimate of drug-likeness (QED) is 0.708. The van der Waals surface area contributed by atoms with E-state index in [1.54, 1.807) is 7.11 Å². The predicted molar refractivity (Wildman–Crippen MR) is 64.6 cm³/mol. The SMILES string of the molecule is CNCCN(C)c1cc(OC)ccc1N. The Morgan fingerprint density at radius 3 is 2.80 bits per heavy atom. The molecule has 1 aromatic carbocycles. The smallest absolute Gasteiger partial charge is 0.121 e. The Morgan fingerprint density at radius 1 is 1.47 bits per heavy atom. The number of benzene rings is 1. The fourth-order valence-corrected chi connectivity index (χ4v) is 1.38. The van der Waals surface area contributed by atoms with Crippen LogP contribution in [0.5, 0.6) is 5.75 Å². The number of nitrogens with one attached hydrogen (secondary N) is 1. The molecule has 15 heavy (non-hydrogen) atoms. The van der Waals surface area contributed by atoms with Gasteiger partial charge in [0.2, 0.25) is 0 Å². The normalized spacial score (nSPS) is 10.1. The van der Waals surface area contributed by atoms with Crippen molar-refractivity contribution in [3.05, 3.63) is 18.2 Å². The van der Waals surface area contributed by atoms with Crippen molar-refractivity contribution in [2.75, 3.05) is 44.9 Å². The van der Waals surface area contributed by atoms with Gasteiger partial charge >= 0.3 is 0 Å². The Bertz CT molecular complexity index is 315. The molecule has 0 saturated heterocycles. The molecular formula is C11H19N3O. The molecule has 3 N–H and O–H groups in total. The molecular weight excluding hydrogens is 190 g/mol.